The third kappa shape index (κ3) is 10.3. The predicted molar refractivity (Wildman–Crippen MR) is 81.9 cm³/mol. The molecule has 0 saturated heterocycles. The summed E-state index contributed by atoms with van der Waals surface area (Å²) < 4.78 is 39.0. The molecule has 0 saturated carbocycles. The van der Waals surface area contributed by atoms with Gasteiger partial charge in [-0.25, -0.2) is 4.79 Å². The molecule has 1 aromatic heterocycles. The van der Waals surface area contributed by atoms with Gasteiger partial charge in [-0.05, 0) is 18.2 Å². The number of H-pyrrole nitrogens is 1. The quantitative estimate of drug-likeness (QED) is 0.582. The van der Waals surface area contributed by atoms with Crippen LogP contribution in [0.5, 0.6) is 0 Å². The lowest BCUT2D eigenvalue weighted by Crippen LogP contribution is -2.33. The zero-order valence-electron chi connectivity index (χ0n) is 12.9. The number of halogens is 5. The summed E-state index contributed by atoms with van der Waals surface area (Å²) in [5.74, 6) is 0. The maximum Gasteiger partial charge on any atom is 0.673 e. The van der Waals surface area contributed by atoms with Crippen molar-refractivity contribution in [3.63, 3.8) is 0 Å². The van der Waals surface area contributed by atoms with Gasteiger partial charge in [-0.2, -0.15) is 0 Å². The second-order valence-corrected chi connectivity index (χ2v) is 4.98. The van der Waals surface area contributed by atoms with E-state index in [1.807, 2.05) is 6.07 Å². The second kappa shape index (κ2) is 9.18. The van der Waals surface area contributed by atoms with E-state index in [-0.39, 0.29) is 6.03 Å². The van der Waals surface area contributed by atoms with Crippen molar-refractivity contribution in [3.05, 3.63) is 23.2 Å². The third-order valence-corrected chi connectivity index (χ3v) is 2.29. The van der Waals surface area contributed by atoms with Crippen molar-refractivity contribution in [1.29, 1.82) is 0 Å². The molecule has 6 nitrogen and oxygen atoms in total. The van der Waals surface area contributed by atoms with Crippen LogP contribution in [0.3, 0.4) is 0 Å². The molecule has 0 aliphatic rings. The van der Waals surface area contributed by atoms with Crippen molar-refractivity contribution in [2.75, 3.05) is 28.2 Å². The molecule has 23 heavy (non-hydrogen) atoms. The van der Waals surface area contributed by atoms with E-state index in [4.69, 9.17) is 11.6 Å². The lowest BCUT2D eigenvalue weighted by molar-refractivity contribution is 0.191. The standard InChI is InChI=1S/C6H4ClN3.C5H12N2O.BF4/c7-4-1-2-5-6(3-4)9-10-8-5;1-6(2)5(8)7(3)4;2-1(3,4)5/h1-3H,(H,8,9,10);1-4H3;/q;;-1. The van der Waals surface area contributed by atoms with E-state index in [0.717, 1.165) is 11.0 Å². The number of aromatic nitrogens is 3. The van der Waals surface area contributed by atoms with Gasteiger partial charge < -0.3 is 27.1 Å². The highest BCUT2D eigenvalue weighted by Gasteiger charge is 2.20. The maximum atomic E-state index is 10.7. The summed E-state index contributed by atoms with van der Waals surface area (Å²) in [6.07, 6.45) is 0. The monoisotopic (exact) mass is 356 g/mol. The van der Waals surface area contributed by atoms with Gasteiger partial charge in [-0.1, -0.05) is 16.8 Å². The van der Waals surface area contributed by atoms with E-state index in [9.17, 15) is 22.1 Å². The van der Waals surface area contributed by atoms with Gasteiger partial charge in [0.2, 0.25) is 0 Å². The molecule has 0 bridgehead atoms. The van der Waals surface area contributed by atoms with Crippen LogP contribution in [0.15, 0.2) is 18.2 Å². The number of nitrogens with zero attached hydrogens (tertiary/aromatic N) is 4. The molecule has 0 spiro atoms. The van der Waals surface area contributed by atoms with E-state index in [1.54, 1.807) is 40.3 Å². The van der Waals surface area contributed by atoms with Gasteiger partial charge in [0.1, 0.15) is 5.52 Å². The number of urea groups is 1. The number of fused-ring (bicyclic) bond motifs is 1. The fourth-order valence-electron chi connectivity index (χ4n) is 1.22. The SMILES string of the molecule is CN(C)C(=O)N(C)C.Clc1ccc2nn[nH]c2c1.F[B-](F)(F)F. The van der Waals surface area contributed by atoms with Crippen LogP contribution < -0.4 is 0 Å². The van der Waals surface area contributed by atoms with E-state index >= 15 is 0 Å². The first-order valence-corrected chi connectivity index (χ1v) is 6.52. The molecule has 1 aromatic carbocycles. The Morgan fingerprint density at radius 2 is 1.61 bits per heavy atom. The number of amides is 2. The summed E-state index contributed by atoms with van der Waals surface area (Å²) in [5.41, 5.74) is 1.71. The number of aromatic amines is 1. The fourth-order valence-corrected chi connectivity index (χ4v) is 1.39. The zero-order valence-corrected chi connectivity index (χ0v) is 13.7. The normalized spacial score (nSPS) is 10.1. The topological polar surface area (TPSA) is 65.1 Å². The first kappa shape index (κ1) is 21.0. The average Bonchev–Trinajstić information content (AvgIpc) is 2.83. The van der Waals surface area contributed by atoms with Gasteiger partial charge >= 0.3 is 13.3 Å². The highest BCUT2D eigenvalue weighted by atomic mass is 35.5. The highest BCUT2D eigenvalue weighted by Crippen LogP contribution is 2.13. The average molecular weight is 357 g/mol. The number of hydrogen-bond acceptors (Lipinski definition) is 3. The molecule has 2 aromatic rings. The summed E-state index contributed by atoms with van der Waals surface area (Å²) in [4.78, 5) is 13.8. The van der Waals surface area contributed by atoms with Gasteiger partial charge in [-0.3, -0.25) is 5.10 Å². The van der Waals surface area contributed by atoms with Gasteiger partial charge in [0.05, 0.1) is 5.52 Å². The Hall–Kier alpha value is -2.04. The maximum absolute atomic E-state index is 10.7. The Morgan fingerprint density at radius 3 is 2.00 bits per heavy atom. The van der Waals surface area contributed by atoms with Crippen molar-refractivity contribution in [2.45, 2.75) is 0 Å². The number of carbonyl (C=O) groups excluding carboxylic acids is 1. The second-order valence-electron chi connectivity index (χ2n) is 4.54. The molecule has 2 rings (SSSR count). The number of benzene rings is 1. The summed E-state index contributed by atoms with van der Waals surface area (Å²) in [6.45, 7) is 0. The molecule has 0 fully saturated rings. The van der Waals surface area contributed by atoms with Crippen LogP contribution >= 0.6 is 11.6 Å². The van der Waals surface area contributed by atoms with E-state index in [0.29, 0.717) is 5.02 Å². The Balaban J connectivity index is 0.000000338. The summed E-state index contributed by atoms with van der Waals surface area (Å²) in [5, 5.41) is 10.8. The fraction of sp³-hybridized carbons (Fsp3) is 0.364. The molecule has 0 radical (unpaired) electrons. The molecule has 2 amide bonds. The van der Waals surface area contributed by atoms with Crippen molar-refractivity contribution >= 4 is 35.9 Å². The Morgan fingerprint density at radius 1 is 1.13 bits per heavy atom. The van der Waals surface area contributed by atoms with E-state index in [1.165, 1.54) is 9.80 Å². The van der Waals surface area contributed by atoms with E-state index < -0.39 is 7.25 Å². The minimum absolute atomic E-state index is 0.0185. The van der Waals surface area contributed by atoms with E-state index in [2.05, 4.69) is 15.4 Å². The van der Waals surface area contributed by atoms with Crippen LogP contribution in [-0.4, -0.2) is 66.7 Å². The smallest absolute Gasteiger partial charge is 0.418 e. The van der Waals surface area contributed by atoms with Crippen LogP contribution in [0.1, 0.15) is 0 Å². The van der Waals surface area contributed by atoms with Crippen LogP contribution in [0.25, 0.3) is 11.0 Å². The van der Waals surface area contributed by atoms with Crippen LogP contribution in [0.2, 0.25) is 5.02 Å². The molecule has 0 aliphatic carbocycles. The Labute approximate surface area is 135 Å². The molecule has 0 aliphatic heterocycles. The van der Waals surface area contributed by atoms with Gasteiger partial charge in [0.25, 0.3) is 0 Å². The highest BCUT2D eigenvalue weighted by molar-refractivity contribution is 6.50. The predicted octanol–water partition coefficient (Wildman–Crippen LogP) is 3.14. The molecule has 0 atom stereocenters. The summed E-state index contributed by atoms with van der Waals surface area (Å²) in [6, 6.07) is 5.41. The number of hydrogen-bond donors (Lipinski definition) is 1. The molecule has 130 valence electrons. The number of carbonyl (C=O) groups is 1. The molecule has 1 N–H and O–H groups in total. The van der Waals surface area contributed by atoms with Gasteiger partial charge in [0.15, 0.2) is 0 Å². The van der Waals surface area contributed by atoms with Crippen LogP contribution in [0.4, 0.5) is 22.1 Å². The lowest BCUT2D eigenvalue weighted by Gasteiger charge is -2.16. The van der Waals surface area contributed by atoms with Crippen molar-refractivity contribution in [3.8, 4) is 0 Å². The minimum atomic E-state index is -6.00. The number of nitrogens with one attached hydrogen (secondary N) is 1. The van der Waals surface area contributed by atoms with Gasteiger partial charge in [0, 0.05) is 33.2 Å². The Bertz CT molecular complexity index is 604. The molecule has 12 heteroatoms. The van der Waals surface area contributed by atoms with Crippen molar-refractivity contribution in [1.82, 2.24) is 25.2 Å². The third-order valence-electron chi connectivity index (χ3n) is 2.05. The van der Waals surface area contributed by atoms with Crippen molar-refractivity contribution in [2.24, 2.45) is 0 Å². The Kier molecular flexibility index (Phi) is 8.37. The first-order chi connectivity index (χ1) is 10.4. The first-order valence-electron chi connectivity index (χ1n) is 6.14. The van der Waals surface area contributed by atoms with Crippen molar-refractivity contribution < 1.29 is 22.1 Å². The molecule has 0 unspecified atom stereocenters. The summed E-state index contributed by atoms with van der Waals surface area (Å²) >= 11 is 5.70. The zero-order chi connectivity index (χ0) is 18.2. The van der Waals surface area contributed by atoms with Crippen LogP contribution in [0, 0.1) is 0 Å². The van der Waals surface area contributed by atoms with Crippen LogP contribution in [-0.2, 0) is 0 Å². The minimum Gasteiger partial charge on any atom is -0.418 e. The lowest BCUT2D eigenvalue weighted by atomic mass is 10.3. The molecular weight excluding hydrogens is 340 g/mol. The molecule has 1 heterocycles. The summed E-state index contributed by atoms with van der Waals surface area (Å²) in [7, 11) is 0.898. The molecular formula is C11H16BClF4N5O-. The number of rotatable bonds is 0. The van der Waals surface area contributed by atoms with Gasteiger partial charge in [-0.15, -0.1) is 5.10 Å². The largest absolute Gasteiger partial charge is 0.673 e.